The molecule has 0 unspecified atom stereocenters. The van der Waals surface area contributed by atoms with Crippen molar-refractivity contribution in [2.45, 2.75) is 13.3 Å². The third-order valence-corrected chi connectivity index (χ3v) is 4.78. The number of halogens is 1. The Bertz CT molecular complexity index is 1290. The van der Waals surface area contributed by atoms with Gasteiger partial charge in [0.2, 0.25) is 5.75 Å². The summed E-state index contributed by atoms with van der Waals surface area (Å²) in [6.07, 6.45) is 6.96. The first-order chi connectivity index (χ1) is 14.9. The number of nitro groups is 1. The summed E-state index contributed by atoms with van der Waals surface area (Å²) in [4.78, 5) is 28.4. The molecule has 2 aromatic carbocycles. The average Bonchev–Trinajstić information content (AvgIpc) is 2.76. The zero-order valence-electron chi connectivity index (χ0n) is 16.7. The van der Waals surface area contributed by atoms with Crippen molar-refractivity contribution in [1.29, 1.82) is 0 Å². The predicted molar refractivity (Wildman–Crippen MR) is 120 cm³/mol. The van der Waals surface area contributed by atoms with E-state index in [4.69, 9.17) is 15.9 Å². The molecule has 0 saturated heterocycles. The van der Waals surface area contributed by atoms with Gasteiger partial charge in [-0.3, -0.25) is 14.9 Å². The lowest BCUT2D eigenvalue weighted by atomic mass is 10.2. The lowest BCUT2D eigenvalue weighted by Gasteiger charge is -2.10. The highest BCUT2D eigenvalue weighted by Gasteiger charge is 2.22. The number of hydrogen-bond acceptors (Lipinski definition) is 7. The SMILES string of the molecule is C#CCOc1c(OC)cc(C=Nn2c(CC)nc3ccc(Br)cc3c2=O)cc1[N+](=O)[O-]. The fourth-order valence-electron chi connectivity index (χ4n) is 2.90. The van der Waals surface area contributed by atoms with Gasteiger partial charge in [-0.2, -0.15) is 9.78 Å². The van der Waals surface area contributed by atoms with Crippen LogP contribution in [0.4, 0.5) is 5.69 Å². The minimum absolute atomic E-state index is 0.0776. The van der Waals surface area contributed by atoms with E-state index in [0.717, 1.165) is 4.47 Å². The Morgan fingerprint density at radius 1 is 1.39 bits per heavy atom. The third kappa shape index (κ3) is 4.57. The number of nitro benzene ring substituents is 1. The minimum Gasteiger partial charge on any atom is -0.493 e. The minimum atomic E-state index is -0.607. The van der Waals surface area contributed by atoms with E-state index in [-0.39, 0.29) is 29.4 Å². The van der Waals surface area contributed by atoms with Crippen LogP contribution in [-0.2, 0) is 6.42 Å². The first-order valence-corrected chi connectivity index (χ1v) is 9.87. The second-order valence-corrected chi connectivity index (χ2v) is 7.14. The molecule has 0 amide bonds. The quantitative estimate of drug-likeness (QED) is 0.219. The molecule has 31 heavy (non-hydrogen) atoms. The molecule has 3 aromatic rings. The summed E-state index contributed by atoms with van der Waals surface area (Å²) in [6.45, 7) is 1.70. The monoisotopic (exact) mass is 484 g/mol. The van der Waals surface area contributed by atoms with Crippen LogP contribution in [-0.4, -0.2) is 34.5 Å². The number of hydrogen-bond donors (Lipinski definition) is 0. The number of nitrogens with zero attached hydrogens (tertiary/aromatic N) is 4. The molecule has 0 aliphatic carbocycles. The maximum atomic E-state index is 13.0. The van der Waals surface area contributed by atoms with E-state index in [1.54, 1.807) is 18.2 Å². The van der Waals surface area contributed by atoms with Crippen molar-refractivity contribution in [1.82, 2.24) is 9.66 Å². The molecule has 0 aliphatic rings. The lowest BCUT2D eigenvalue weighted by Crippen LogP contribution is -2.22. The van der Waals surface area contributed by atoms with Crippen molar-refractivity contribution < 1.29 is 14.4 Å². The van der Waals surface area contributed by atoms with Crippen LogP contribution in [0.3, 0.4) is 0 Å². The highest BCUT2D eigenvalue weighted by atomic mass is 79.9. The fourth-order valence-corrected chi connectivity index (χ4v) is 3.26. The van der Waals surface area contributed by atoms with E-state index in [9.17, 15) is 14.9 Å². The number of aromatic nitrogens is 2. The lowest BCUT2D eigenvalue weighted by molar-refractivity contribution is -0.385. The van der Waals surface area contributed by atoms with Gasteiger partial charge in [0.15, 0.2) is 5.75 Å². The normalized spacial score (nSPS) is 10.9. The molecule has 0 fully saturated rings. The van der Waals surface area contributed by atoms with E-state index in [1.807, 2.05) is 6.92 Å². The summed E-state index contributed by atoms with van der Waals surface area (Å²) in [5.74, 6) is 2.75. The van der Waals surface area contributed by atoms with Gasteiger partial charge in [0.25, 0.3) is 5.56 Å². The van der Waals surface area contributed by atoms with Gasteiger partial charge < -0.3 is 9.47 Å². The molecule has 10 heteroatoms. The maximum Gasteiger partial charge on any atom is 0.315 e. The molecule has 3 rings (SSSR count). The molecule has 0 saturated carbocycles. The summed E-state index contributed by atoms with van der Waals surface area (Å²) in [7, 11) is 1.35. The third-order valence-electron chi connectivity index (χ3n) is 4.29. The average molecular weight is 485 g/mol. The van der Waals surface area contributed by atoms with E-state index in [2.05, 4.69) is 31.9 Å². The zero-order valence-corrected chi connectivity index (χ0v) is 18.2. The van der Waals surface area contributed by atoms with Crippen LogP contribution in [0, 0.1) is 22.5 Å². The van der Waals surface area contributed by atoms with Crippen LogP contribution in [0.2, 0.25) is 0 Å². The van der Waals surface area contributed by atoms with Crippen molar-refractivity contribution in [3.05, 3.63) is 66.7 Å². The van der Waals surface area contributed by atoms with Gasteiger partial charge in [0.1, 0.15) is 12.4 Å². The molecule has 0 bridgehead atoms. The molecule has 0 spiro atoms. The van der Waals surface area contributed by atoms with Crippen LogP contribution < -0.4 is 15.0 Å². The number of rotatable bonds is 7. The highest BCUT2D eigenvalue weighted by Crippen LogP contribution is 2.37. The Labute approximate surface area is 185 Å². The van der Waals surface area contributed by atoms with Gasteiger partial charge in [-0.05, 0) is 24.3 Å². The maximum absolute atomic E-state index is 13.0. The first-order valence-electron chi connectivity index (χ1n) is 9.07. The summed E-state index contributed by atoms with van der Waals surface area (Å²) in [5.41, 5.74) is 0.207. The van der Waals surface area contributed by atoms with Crippen LogP contribution in [0.15, 0.2) is 44.7 Å². The number of fused-ring (bicyclic) bond motifs is 1. The van der Waals surface area contributed by atoms with E-state index < -0.39 is 4.92 Å². The van der Waals surface area contributed by atoms with Crippen LogP contribution in [0.1, 0.15) is 18.3 Å². The summed E-state index contributed by atoms with van der Waals surface area (Å²) >= 11 is 3.35. The smallest absolute Gasteiger partial charge is 0.315 e. The number of aryl methyl sites for hydroxylation is 1. The van der Waals surface area contributed by atoms with Gasteiger partial charge in [-0.25, -0.2) is 4.98 Å². The Balaban J connectivity index is 2.13. The molecule has 1 heterocycles. The highest BCUT2D eigenvalue weighted by molar-refractivity contribution is 9.10. The van der Waals surface area contributed by atoms with E-state index in [0.29, 0.717) is 28.7 Å². The first kappa shape index (κ1) is 22.0. The van der Waals surface area contributed by atoms with Crippen molar-refractivity contribution in [2.75, 3.05) is 13.7 Å². The van der Waals surface area contributed by atoms with Gasteiger partial charge in [-0.1, -0.05) is 28.8 Å². The molecule has 158 valence electrons. The van der Waals surface area contributed by atoms with Crippen molar-refractivity contribution >= 4 is 38.7 Å². The van der Waals surface area contributed by atoms with Crippen LogP contribution in [0.25, 0.3) is 10.9 Å². The molecular weight excluding hydrogens is 468 g/mol. The van der Waals surface area contributed by atoms with E-state index >= 15 is 0 Å². The van der Waals surface area contributed by atoms with Crippen molar-refractivity contribution in [3.63, 3.8) is 0 Å². The zero-order chi connectivity index (χ0) is 22.5. The molecule has 0 atom stereocenters. The Morgan fingerprint density at radius 3 is 2.81 bits per heavy atom. The van der Waals surface area contributed by atoms with Gasteiger partial charge >= 0.3 is 5.69 Å². The van der Waals surface area contributed by atoms with Gasteiger partial charge in [0, 0.05) is 22.5 Å². The van der Waals surface area contributed by atoms with Crippen molar-refractivity contribution in [3.8, 4) is 23.8 Å². The number of ether oxygens (including phenoxy) is 2. The largest absolute Gasteiger partial charge is 0.493 e. The Kier molecular flexibility index (Phi) is 6.67. The number of methoxy groups -OCH3 is 1. The summed E-state index contributed by atoms with van der Waals surface area (Å²) in [6, 6.07) is 7.99. The molecule has 1 aromatic heterocycles. The second kappa shape index (κ2) is 9.40. The van der Waals surface area contributed by atoms with Crippen molar-refractivity contribution in [2.24, 2.45) is 5.10 Å². The van der Waals surface area contributed by atoms with E-state index in [1.165, 1.54) is 30.1 Å². The second-order valence-electron chi connectivity index (χ2n) is 6.23. The summed E-state index contributed by atoms with van der Waals surface area (Å²) in [5, 5.41) is 16.2. The molecule has 0 radical (unpaired) electrons. The molecule has 0 N–H and O–H groups in total. The van der Waals surface area contributed by atoms with Gasteiger partial charge in [0.05, 0.1) is 29.2 Å². The topological polar surface area (TPSA) is 109 Å². The predicted octanol–water partition coefficient (Wildman–Crippen LogP) is 3.53. The molecular formula is C21H17BrN4O5. The molecule has 9 nitrogen and oxygen atoms in total. The standard InChI is InChI=1S/C21H17BrN4O5/c1-4-8-31-20-17(26(28)29)9-13(10-18(20)30-3)12-23-25-19(5-2)24-16-7-6-14(22)11-15(16)21(25)27/h1,6-7,9-12H,5,8H2,2-3H3. The molecule has 0 aliphatic heterocycles. The fraction of sp³-hybridized carbons (Fsp3) is 0.190. The van der Waals surface area contributed by atoms with Crippen LogP contribution >= 0.6 is 15.9 Å². The Morgan fingerprint density at radius 2 is 2.16 bits per heavy atom. The summed E-state index contributed by atoms with van der Waals surface area (Å²) < 4.78 is 12.4. The Hall–Kier alpha value is -3.71. The number of terminal acetylenes is 1. The number of benzene rings is 2. The van der Waals surface area contributed by atoms with Gasteiger partial charge in [-0.15, -0.1) is 6.42 Å². The van der Waals surface area contributed by atoms with Crippen LogP contribution in [0.5, 0.6) is 11.5 Å².